The normalized spacial score (nSPS) is 4.75. The van der Waals surface area contributed by atoms with Gasteiger partial charge >= 0.3 is 23.1 Å². The Labute approximate surface area is 80.1 Å². The quantitative estimate of drug-likeness (QED) is 0.272. The van der Waals surface area contributed by atoms with Crippen molar-refractivity contribution in [2.75, 3.05) is 0 Å². The molecule has 8 heavy (non-hydrogen) atoms. The predicted molar refractivity (Wildman–Crippen MR) is 30.9 cm³/mol. The maximum Gasteiger partial charge on any atom is 2.00 e. The number of rotatable bonds is 1. The molecule has 0 N–H and O–H groups in total. The van der Waals surface area contributed by atoms with Crippen LogP contribution in [0.3, 0.4) is 0 Å². The van der Waals surface area contributed by atoms with Crippen LogP contribution in [0.2, 0.25) is 0 Å². The molecule has 46 valence electrons. The fourth-order valence-corrected chi connectivity index (χ4v) is 0. The van der Waals surface area contributed by atoms with E-state index in [2.05, 4.69) is 13.5 Å². The zero-order valence-electron chi connectivity index (χ0n) is 5.38. The summed E-state index contributed by atoms with van der Waals surface area (Å²) in [7, 11) is 0. The van der Waals surface area contributed by atoms with Gasteiger partial charge in [-0.25, -0.2) is 0 Å². The Balaban J connectivity index is -0.0000000267. The smallest absolute Gasteiger partial charge is 1.00 e. The molecule has 0 spiro atoms. The third-order valence-corrected chi connectivity index (χ3v) is 0.604. The molecule has 0 aromatic carbocycles. The Morgan fingerprint density at radius 1 is 1.38 bits per heavy atom. The molecule has 0 saturated heterocycles. The second-order valence-electron chi connectivity index (χ2n) is 1.31. The molecule has 0 atom stereocenters. The van der Waals surface area contributed by atoms with Gasteiger partial charge in [-0.15, -0.1) is 6.58 Å². The average molecular weight is 165 g/mol. The average Bonchev–Trinajstić information content (AvgIpc) is 1.38. The van der Waals surface area contributed by atoms with Crippen LogP contribution in [-0.2, 0) is 0 Å². The number of hydrogen-bond acceptors (Lipinski definition) is 0. The van der Waals surface area contributed by atoms with Gasteiger partial charge in [0.25, 0.3) is 0 Å². The van der Waals surface area contributed by atoms with Crippen molar-refractivity contribution in [1.82, 2.24) is 0 Å². The number of halogens is 2. The van der Waals surface area contributed by atoms with Crippen molar-refractivity contribution in [3.05, 3.63) is 12.2 Å². The predicted octanol–water partition coefficient (Wildman–Crippen LogP) is -4.40. The summed E-state index contributed by atoms with van der Waals surface area (Å²) in [6.07, 6.45) is 1.11. The third-order valence-electron chi connectivity index (χ3n) is 0.604. The van der Waals surface area contributed by atoms with Crippen LogP contribution in [0.1, 0.15) is 20.3 Å². The van der Waals surface area contributed by atoms with E-state index in [0.29, 0.717) is 0 Å². The van der Waals surface area contributed by atoms with Gasteiger partial charge in [0.2, 0.25) is 0 Å². The van der Waals surface area contributed by atoms with Gasteiger partial charge in [0, 0.05) is 0 Å². The molecule has 0 radical (unpaired) electrons. The van der Waals surface area contributed by atoms with E-state index in [4.69, 9.17) is 0 Å². The van der Waals surface area contributed by atoms with E-state index < -0.39 is 0 Å². The minimum absolute atomic E-state index is 0. The van der Waals surface area contributed by atoms with Crippen LogP contribution < -0.4 is 24.8 Å². The van der Waals surface area contributed by atoms with E-state index in [1.165, 1.54) is 5.57 Å². The molecule has 0 fully saturated rings. The monoisotopic (exact) mass is 164 g/mol. The third kappa shape index (κ3) is 27.6. The van der Waals surface area contributed by atoms with Crippen molar-refractivity contribution in [2.24, 2.45) is 0 Å². The van der Waals surface area contributed by atoms with Gasteiger partial charge in [0.05, 0.1) is 0 Å². The second-order valence-corrected chi connectivity index (χ2v) is 1.31. The summed E-state index contributed by atoms with van der Waals surface area (Å²) >= 11 is 0. The summed E-state index contributed by atoms with van der Waals surface area (Å²) in [5, 5.41) is 0. The van der Waals surface area contributed by atoms with Crippen molar-refractivity contribution in [3.8, 4) is 0 Å². The molecule has 0 rings (SSSR count). The zero-order valence-corrected chi connectivity index (χ0v) is 8.30. The van der Waals surface area contributed by atoms with Crippen LogP contribution in [0.4, 0.5) is 0 Å². The molecule has 0 aromatic heterocycles. The molecule has 0 heterocycles. The summed E-state index contributed by atoms with van der Waals surface area (Å²) in [6.45, 7) is 7.80. The second kappa shape index (κ2) is 15.7. The molecular formula is C5H10Cl2Mg. The van der Waals surface area contributed by atoms with Gasteiger partial charge in [-0.3, -0.25) is 0 Å². The first kappa shape index (κ1) is 23.0. The molecule has 3 heteroatoms. The van der Waals surface area contributed by atoms with E-state index in [9.17, 15) is 0 Å². The molecule has 0 aliphatic carbocycles. The fraction of sp³-hybridized carbons (Fsp3) is 0.600. The van der Waals surface area contributed by atoms with Crippen LogP contribution in [0.15, 0.2) is 12.2 Å². The van der Waals surface area contributed by atoms with Gasteiger partial charge in [-0.2, -0.15) is 0 Å². The van der Waals surface area contributed by atoms with Crippen molar-refractivity contribution >= 4 is 23.1 Å². The van der Waals surface area contributed by atoms with Crippen LogP contribution in [0, 0.1) is 0 Å². The minimum Gasteiger partial charge on any atom is -1.00 e. The van der Waals surface area contributed by atoms with E-state index >= 15 is 0 Å². The molecule has 0 unspecified atom stereocenters. The van der Waals surface area contributed by atoms with Crippen LogP contribution in [0.5, 0.6) is 0 Å². The van der Waals surface area contributed by atoms with Gasteiger partial charge in [-0.1, -0.05) is 12.5 Å². The van der Waals surface area contributed by atoms with Crippen molar-refractivity contribution in [2.45, 2.75) is 20.3 Å². The molecule has 0 bridgehead atoms. The van der Waals surface area contributed by atoms with E-state index in [1.54, 1.807) is 0 Å². The van der Waals surface area contributed by atoms with Crippen LogP contribution >= 0.6 is 0 Å². The summed E-state index contributed by atoms with van der Waals surface area (Å²) in [4.78, 5) is 0. The minimum atomic E-state index is 0. The SMILES string of the molecule is C=C(C)CC.[Cl-].[Cl-].[Mg+2]. The summed E-state index contributed by atoms with van der Waals surface area (Å²) in [5.74, 6) is 0. The summed E-state index contributed by atoms with van der Waals surface area (Å²) in [5.41, 5.74) is 1.25. The van der Waals surface area contributed by atoms with E-state index in [0.717, 1.165) is 6.42 Å². The topological polar surface area (TPSA) is 0 Å². The Morgan fingerprint density at radius 3 is 1.50 bits per heavy atom. The molecule has 0 nitrogen and oxygen atoms in total. The summed E-state index contributed by atoms with van der Waals surface area (Å²) in [6, 6.07) is 0. The molecule has 0 amide bonds. The Morgan fingerprint density at radius 2 is 1.50 bits per heavy atom. The van der Waals surface area contributed by atoms with Gasteiger partial charge in [0.15, 0.2) is 0 Å². The van der Waals surface area contributed by atoms with Gasteiger partial charge < -0.3 is 24.8 Å². The number of allylic oxidation sites excluding steroid dienone is 1. The molecule has 0 aliphatic heterocycles. The van der Waals surface area contributed by atoms with Crippen LogP contribution in [-0.4, -0.2) is 23.1 Å². The Kier molecular flexibility index (Phi) is 45.1. The van der Waals surface area contributed by atoms with Gasteiger partial charge in [-0.05, 0) is 13.3 Å². The zero-order chi connectivity index (χ0) is 4.28. The maximum atomic E-state index is 3.67. The Hall–Kier alpha value is 1.09. The summed E-state index contributed by atoms with van der Waals surface area (Å²) < 4.78 is 0. The van der Waals surface area contributed by atoms with Crippen molar-refractivity contribution in [1.29, 1.82) is 0 Å². The van der Waals surface area contributed by atoms with Gasteiger partial charge in [0.1, 0.15) is 0 Å². The molecule has 0 saturated carbocycles. The maximum absolute atomic E-state index is 3.67. The standard InChI is InChI=1S/C5H10.2ClH.Mg/c1-4-5(2)3;;;/h2,4H2,1,3H3;2*1H;/q;;;+2/p-2. The molecule has 0 aliphatic rings. The first-order valence-corrected chi connectivity index (χ1v) is 1.91. The van der Waals surface area contributed by atoms with Crippen LogP contribution in [0.25, 0.3) is 0 Å². The Bertz CT molecular complexity index is 45.7. The first-order chi connectivity index (χ1) is 2.27. The van der Waals surface area contributed by atoms with Crippen molar-refractivity contribution in [3.63, 3.8) is 0 Å². The van der Waals surface area contributed by atoms with Crippen molar-refractivity contribution < 1.29 is 24.8 Å². The van der Waals surface area contributed by atoms with E-state index in [1.807, 2.05) is 6.92 Å². The first-order valence-electron chi connectivity index (χ1n) is 1.91. The molecule has 0 aromatic rings. The van der Waals surface area contributed by atoms with E-state index in [-0.39, 0.29) is 47.9 Å². The fourth-order valence-electron chi connectivity index (χ4n) is 0. The molecular weight excluding hydrogens is 155 g/mol. The number of hydrogen-bond donors (Lipinski definition) is 0. The largest absolute Gasteiger partial charge is 2.00 e.